The molecule has 0 aliphatic heterocycles. The Labute approximate surface area is 113 Å². The van der Waals surface area contributed by atoms with Crippen molar-refractivity contribution in [1.82, 2.24) is 4.90 Å². The standard InChI is InChI=1S/C14H21N3O2/c1-17(9-11-6-13(18)7-11)8-10-2-4-12(5-3-10)14(15)16-19/h2-5,11,13,18-19H,6-9H2,1H3,(H2,15,16). The number of nitrogens with zero attached hydrogens (tertiary/aromatic N) is 2. The number of rotatable bonds is 5. The molecule has 19 heavy (non-hydrogen) atoms. The first kappa shape index (κ1) is 13.8. The second-order valence-electron chi connectivity index (χ2n) is 5.37. The minimum absolute atomic E-state index is 0.0848. The van der Waals surface area contributed by atoms with Gasteiger partial charge in [0.05, 0.1) is 6.10 Å². The molecule has 0 heterocycles. The Morgan fingerprint density at radius 2 is 2.00 bits per heavy atom. The van der Waals surface area contributed by atoms with E-state index >= 15 is 0 Å². The van der Waals surface area contributed by atoms with Gasteiger partial charge >= 0.3 is 0 Å². The minimum Gasteiger partial charge on any atom is -0.409 e. The van der Waals surface area contributed by atoms with Gasteiger partial charge in [-0.25, -0.2) is 0 Å². The van der Waals surface area contributed by atoms with E-state index in [0.29, 0.717) is 5.92 Å². The van der Waals surface area contributed by atoms with Gasteiger partial charge < -0.3 is 20.9 Å². The second kappa shape index (κ2) is 6.04. The summed E-state index contributed by atoms with van der Waals surface area (Å²) in [6.07, 6.45) is 1.76. The van der Waals surface area contributed by atoms with Crippen LogP contribution in [0.2, 0.25) is 0 Å². The van der Waals surface area contributed by atoms with Crippen LogP contribution < -0.4 is 5.73 Å². The summed E-state index contributed by atoms with van der Waals surface area (Å²) >= 11 is 0. The number of hydrogen-bond donors (Lipinski definition) is 3. The average molecular weight is 263 g/mol. The highest BCUT2D eigenvalue weighted by molar-refractivity contribution is 5.96. The van der Waals surface area contributed by atoms with Gasteiger partial charge in [0.25, 0.3) is 0 Å². The lowest BCUT2D eigenvalue weighted by atomic mass is 9.82. The summed E-state index contributed by atoms with van der Waals surface area (Å²) in [7, 11) is 2.09. The van der Waals surface area contributed by atoms with Crippen molar-refractivity contribution in [3.8, 4) is 0 Å². The van der Waals surface area contributed by atoms with Crippen molar-refractivity contribution in [2.45, 2.75) is 25.5 Å². The molecular weight excluding hydrogens is 242 g/mol. The first-order valence-corrected chi connectivity index (χ1v) is 6.52. The smallest absolute Gasteiger partial charge is 0.170 e. The number of aliphatic hydroxyl groups is 1. The summed E-state index contributed by atoms with van der Waals surface area (Å²) in [5, 5.41) is 20.8. The molecule has 0 atom stereocenters. The predicted molar refractivity (Wildman–Crippen MR) is 74.0 cm³/mol. The average Bonchev–Trinajstić information content (AvgIpc) is 2.37. The monoisotopic (exact) mass is 263 g/mol. The van der Waals surface area contributed by atoms with E-state index in [9.17, 15) is 5.11 Å². The van der Waals surface area contributed by atoms with Crippen LogP contribution in [0.25, 0.3) is 0 Å². The Kier molecular flexibility index (Phi) is 4.39. The van der Waals surface area contributed by atoms with Gasteiger partial charge in [0.2, 0.25) is 0 Å². The highest BCUT2D eigenvalue weighted by atomic mass is 16.4. The fraction of sp³-hybridized carbons (Fsp3) is 0.500. The normalized spacial score (nSPS) is 23.4. The molecule has 5 nitrogen and oxygen atoms in total. The number of nitrogens with two attached hydrogens (primary N) is 1. The molecule has 1 fully saturated rings. The summed E-state index contributed by atoms with van der Waals surface area (Å²) in [5.41, 5.74) is 7.43. The Hall–Kier alpha value is -1.59. The third kappa shape index (κ3) is 3.68. The van der Waals surface area contributed by atoms with Crippen LogP contribution in [0.5, 0.6) is 0 Å². The molecule has 1 aliphatic carbocycles. The van der Waals surface area contributed by atoms with Crippen LogP contribution in [0.4, 0.5) is 0 Å². The van der Waals surface area contributed by atoms with Gasteiger partial charge in [-0.1, -0.05) is 29.4 Å². The van der Waals surface area contributed by atoms with Gasteiger partial charge in [-0.3, -0.25) is 0 Å². The fourth-order valence-electron chi connectivity index (χ4n) is 2.51. The second-order valence-corrected chi connectivity index (χ2v) is 5.37. The van der Waals surface area contributed by atoms with Crippen LogP contribution in [0.1, 0.15) is 24.0 Å². The maximum absolute atomic E-state index is 9.26. The lowest BCUT2D eigenvalue weighted by Crippen LogP contribution is -2.36. The van der Waals surface area contributed by atoms with Crippen molar-refractivity contribution in [2.24, 2.45) is 16.8 Å². The number of aliphatic hydroxyl groups excluding tert-OH is 1. The molecule has 0 radical (unpaired) electrons. The summed E-state index contributed by atoms with van der Waals surface area (Å²) in [5.74, 6) is 0.750. The first-order chi connectivity index (χ1) is 9.08. The van der Waals surface area contributed by atoms with Gasteiger partial charge in [-0.2, -0.15) is 0 Å². The summed E-state index contributed by atoms with van der Waals surface area (Å²) in [6.45, 7) is 1.88. The molecule has 104 valence electrons. The van der Waals surface area contributed by atoms with Gasteiger partial charge in [0.1, 0.15) is 0 Å². The summed E-state index contributed by atoms with van der Waals surface area (Å²) in [6, 6.07) is 7.68. The van der Waals surface area contributed by atoms with Crippen molar-refractivity contribution in [1.29, 1.82) is 0 Å². The number of benzene rings is 1. The molecule has 1 aromatic carbocycles. The largest absolute Gasteiger partial charge is 0.409 e. The zero-order valence-electron chi connectivity index (χ0n) is 11.2. The Bertz CT molecular complexity index is 439. The number of oxime groups is 1. The molecule has 1 aliphatic rings. The van der Waals surface area contributed by atoms with E-state index in [-0.39, 0.29) is 11.9 Å². The molecule has 0 saturated heterocycles. The Morgan fingerprint density at radius 1 is 1.37 bits per heavy atom. The van der Waals surface area contributed by atoms with Gasteiger partial charge in [0, 0.05) is 18.7 Å². The van der Waals surface area contributed by atoms with Gasteiger partial charge in [-0.15, -0.1) is 0 Å². The van der Waals surface area contributed by atoms with E-state index in [1.807, 2.05) is 24.3 Å². The maximum Gasteiger partial charge on any atom is 0.170 e. The van der Waals surface area contributed by atoms with Crippen LogP contribution in [0, 0.1) is 5.92 Å². The van der Waals surface area contributed by atoms with E-state index in [1.54, 1.807) is 0 Å². The van der Waals surface area contributed by atoms with Crippen molar-refractivity contribution in [3.63, 3.8) is 0 Å². The topological polar surface area (TPSA) is 82.1 Å². The van der Waals surface area contributed by atoms with Crippen LogP contribution in [0.15, 0.2) is 29.4 Å². The van der Waals surface area contributed by atoms with Crippen molar-refractivity contribution >= 4 is 5.84 Å². The van der Waals surface area contributed by atoms with E-state index < -0.39 is 0 Å². The molecule has 0 bridgehead atoms. The van der Waals surface area contributed by atoms with Gasteiger partial charge in [0.15, 0.2) is 5.84 Å². The molecule has 0 aromatic heterocycles. The molecule has 0 spiro atoms. The SMILES string of the molecule is CN(Cc1ccc(C(N)=NO)cc1)CC1CC(O)C1. The lowest BCUT2D eigenvalue weighted by molar-refractivity contribution is 0.0274. The minimum atomic E-state index is -0.0848. The van der Waals surface area contributed by atoms with Crippen LogP contribution in [-0.4, -0.2) is 40.7 Å². The van der Waals surface area contributed by atoms with E-state index in [1.165, 1.54) is 5.56 Å². The van der Waals surface area contributed by atoms with E-state index in [4.69, 9.17) is 10.9 Å². The molecule has 0 amide bonds. The highest BCUT2D eigenvalue weighted by Crippen LogP contribution is 2.27. The van der Waals surface area contributed by atoms with E-state index in [0.717, 1.165) is 31.5 Å². The molecule has 1 saturated carbocycles. The molecule has 5 heteroatoms. The first-order valence-electron chi connectivity index (χ1n) is 6.52. The predicted octanol–water partition coefficient (Wildman–Crippen LogP) is 0.984. The third-order valence-corrected chi connectivity index (χ3v) is 3.59. The van der Waals surface area contributed by atoms with Crippen molar-refractivity contribution < 1.29 is 10.3 Å². The van der Waals surface area contributed by atoms with Crippen LogP contribution in [0.3, 0.4) is 0 Å². The van der Waals surface area contributed by atoms with Crippen molar-refractivity contribution in [2.75, 3.05) is 13.6 Å². The molecular formula is C14H21N3O2. The fourth-order valence-corrected chi connectivity index (χ4v) is 2.51. The third-order valence-electron chi connectivity index (χ3n) is 3.59. The maximum atomic E-state index is 9.26. The number of amidine groups is 1. The molecule has 2 rings (SSSR count). The molecule has 4 N–H and O–H groups in total. The Morgan fingerprint density at radius 3 is 2.53 bits per heavy atom. The van der Waals surface area contributed by atoms with Crippen LogP contribution in [-0.2, 0) is 6.54 Å². The zero-order chi connectivity index (χ0) is 13.8. The zero-order valence-corrected chi connectivity index (χ0v) is 11.2. The summed E-state index contributed by atoms with van der Waals surface area (Å²) < 4.78 is 0. The van der Waals surface area contributed by atoms with Crippen LogP contribution >= 0.6 is 0 Å². The van der Waals surface area contributed by atoms with E-state index in [2.05, 4.69) is 17.1 Å². The number of hydrogen-bond acceptors (Lipinski definition) is 4. The quantitative estimate of drug-likeness (QED) is 0.320. The highest BCUT2D eigenvalue weighted by Gasteiger charge is 2.27. The lowest BCUT2D eigenvalue weighted by Gasteiger charge is -2.34. The molecule has 0 unspecified atom stereocenters. The van der Waals surface area contributed by atoms with Crippen molar-refractivity contribution in [3.05, 3.63) is 35.4 Å². The Balaban J connectivity index is 1.85. The molecule has 1 aromatic rings. The summed E-state index contributed by atoms with van der Waals surface area (Å²) in [4.78, 5) is 2.26. The van der Waals surface area contributed by atoms with Gasteiger partial charge in [-0.05, 0) is 31.4 Å².